The Bertz CT molecular complexity index is 281. The maximum absolute atomic E-state index is 9.14. The number of phenolic OH excluding ortho intramolecular Hbond substituents is 2. The van der Waals surface area contributed by atoms with Crippen molar-refractivity contribution >= 4 is 5.97 Å². The molecule has 1 aromatic rings. The Balaban J connectivity index is 0. The standard InChI is InChI=1S/C6H6O2.C3H4O2.Na/c7-5-2-1-3-6(8)4-5;1-2-3(4)5;/h1-4,7-8H;2H,1H2,(H,4,5);/q;;+1/p-1. The van der Waals surface area contributed by atoms with Crippen molar-refractivity contribution in [2.45, 2.75) is 0 Å². The van der Waals surface area contributed by atoms with Crippen LogP contribution in [0.3, 0.4) is 0 Å². The SMILES string of the molecule is C=CC(=O)[O-].Oc1cccc(O)c1.[Na+]. The van der Waals surface area contributed by atoms with Crippen LogP contribution in [0.25, 0.3) is 0 Å². The van der Waals surface area contributed by atoms with Crippen LogP contribution in [0.5, 0.6) is 11.5 Å². The molecule has 2 N–H and O–H groups in total. The maximum Gasteiger partial charge on any atom is 1.00 e. The second-order valence-electron chi connectivity index (χ2n) is 2.04. The number of carbonyl (C=O) groups is 1. The fourth-order valence-electron chi connectivity index (χ4n) is 0.493. The summed E-state index contributed by atoms with van der Waals surface area (Å²) >= 11 is 0. The van der Waals surface area contributed by atoms with E-state index in [2.05, 4.69) is 6.58 Å². The molecule has 0 unspecified atom stereocenters. The monoisotopic (exact) mass is 204 g/mol. The molecule has 0 spiro atoms. The average molecular weight is 204 g/mol. The molecule has 0 saturated carbocycles. The van der Waals surface area contributed by atoms with E-state index in [0.29, 0.717) is 0 Å². The molecule has 0 saturated heterocycles. The molecule has 0 radical (unpaired) electrons. The van der Waals surface area contributed by atoms with Crippen molar-refractivity contribution in [3.05, 3.63) is 36.9 Å². The van der Waals surface area contributed by atoms with Crippen LogP contribution >= 0.6 is 0 Å². The molecular formula is C9H9NaO4. The maximum atomic E-state index is 9.14. The molecule has 1 rings (SSSR count). The first-order valence-corrected chi connectivity index (χ1v) is 3.37. The largest absolute Gasteiger partial charge is 1.00 e. The molecular weight excluding hydrogens is 195 g/mol. The summed E-state index contributed by atoms with van der Waals surface area (Å²) < 4.78 is 0. The Kier molecular flexibility index (Phi) is 9.54. The number of aliphatic carboxylic acids is 1. The van der Waals surface area contributed by atoms with Crippen LogP contribution in [0.15, 0.2) is 36.9 Å². The molecule has 4 nitrogen and oxygen atoms in total. The van der Waals surface area contributed by atoms with Gasteiger partial charge in [-0.3, -0.25) is 0 Å². The van der Waals surface area contributed by atoms with Gasteiger partial charge in [-0.1, -0.05) is 12.6 Å². The Hall–Kier alpha value is -0.970. The van der Waals surface area contributed by atoms with E-state index in [4.69, 9.17) is 20.1 Å². The Morgan fingerprint density at radius 1 is 1.36 bits per heavy atom. The molecule has 1 aromatic carbocycles. The first-order chi connectivity index (χ1) is 6.06. The number of benzene rings is 1. The number of phenols is 2. The first-order valence-electron chi connectivity index (χ1n) is 3.37. The number of rotatable bonds is 1. The number of hydrogen-bond acceptors (Lipinski definition) is 4. The summed E-state index contributed by atoms with van der Waals surface area (Å²) in [5, 5.41) is 26.4. The minimum Gasteiger partial charge on any atom is -0.545 e. The molecule has 0 atom stereocenters. The van der Waals surface area contributed by atoms with E-state index in [1.54, 1.807) is 6.07 Å². The van der Waals surface area contributed by atoms with Crippen molar-refractivity contribution in [2.75, 3.05) is 0 Å². The van der Waals surface area contributed by atoms with Gasteiger partial charge >= 0.3 is 29.6 Å². The summed E-state index contributed by atoms with van der Waals surface area (Å²) in [6.45, 7) is 2.90. The van der Waals surface area contributed by atoms with Crippen LogP contribution < -0.4 is 34.7 Å². The van der Waals surface area contributed by atoms with Crippen LogP contribution in [0.2, 0.25) is 0 Å². The van der Waals surface area contributed by atoms with Gasteiger partial charge in [0, 0.05) is 6.07 Å². The van der Waals surface area contributed by atoms with Crippen molar-refractivity contribution in [1.29, 1.82) is 0 Å². The van der Waals surface area contributed by atoms with E-state index >= 15 is 0 Å². The van der Waals surface area contributed by atoms with Crippen molar-refractivity contribution in [3.63, 3.8) is 0 Å². The van der Waals surface area contributed by atoms with Gasteiger partial charge in [0.05, 0.1) is 5.97 Å². The van der Waals surface area contributed by atoms with Gasteiger partial charge in [0.25, 0.3) is 0 Å². The third kappa shape index (κ3) is 9.12. The van der Waals surface area contributed by atoms with Gasteiger partial charge in [-0.15, -0.1) is 0 Å². The van der Waals surface area contributed by atoms with E-state index in [0.717, 1.165) is 6.08 Å². The molecule has 0 amide bonds. The topological polar surface area (TPSA) is 80.6 Å². The summed E-state index contributed by atoms with van der Waals surface area (Å²) in [4.78, 5) is 9.14. The van der Waals surface area contributed by atoms with Gasteiger partial charge in [-0.25, -0.2) is 0 Å². The van der Waals surface area contributed by atoms with E-state index in [1.165, 1.54) is 18.2 Å². The fraction of sp³-hybridized carbons (Fsp3) is 0. The van der Waals surface area contributed by atoms with E-state index in [9.17, 15) is 0 Å². The zero-order valence-corrected chi connectivity index (χ0v) is 9.80. The van der Waals surface area contributed by atoms with Crippen molar-refractivity contribution in [2.24, 2.45) is 0 Å². The quantitative estimate of drug-likeness (QED) is 0.378. The van der Waals surface area contributed by atoms with Crippen LogP contribution in [0, 0.1) is 0 Å². The van der Waals surface area contributed by atoms with Crippen molar-refractivity contribution in [1.82, 2.24) is 0 Å². The number of carboxylic acids is 1. The van der Waals surface area contributed by atoms with Crippen LogP contribution in [-0.4, -0.2) is 16.2 Å². The van der Waals surface area contributed by atoms with Gasteiger partial charge < -0.3 is 20.1 Å². The number of hydrogen-bond donors (Lipinski definition) is 2. The minimum atomic E-state index is -1.23. The number of aromatic hydroxyl groups is 2. The van der Waals surface area contributed by atoms with Crippen LogP contribution in [0.4, 0.5) is 0 Å². The molecule has 0 heterocycles. The van der Waals surface area contributed by atoms with Gasteiger partial charge in [0.1, 0.15) is 11.5 Å². The van der Waals surface area contributed by atoms with Crippen LogP contribution in [0.1, 0.15) is 0 Å². The van der Waals surface area contributed by atoms with Crippen molar-refractivity contribution in [3.8, 4) is 11.5 Å². The summed E-state index contributed by atoms with van der Waals surface area (Å²) in [6.07, 6.45) is 0.722. The molecule has 0 aliphatic heterocycles. The summed E-state index contributed by atoms with van der Waals surface area (Å²) in [7, 11) is 0. The number of carboxylic acid groups (broad SMARTS) is 1. The third-order valence-electron chi connectivity index (χ3n) is 0.996. The van der Waals surface area contributed by atoms with E-state index in [-0.39, 0.29) is 41.1 Å². The van der Waals surface area contributed by atoms with Crippen molar-refractivity contribution < 1.29 is 49.7 Å². The summed E-state index contributed by atoms with van der Waals surface area (Å²) in [6, 6.07) is 5.85. The molecule has 0 fully saturated rings. The third-order valence-corrected chi connectivity index (χ3v) is 0.996. The normalized spacial score (nSPS) is 7.43. The van der Waals surface area contributed by atoms with E-state index < -0.39 is 5.97 Å². The Labute approximate surface area is 104 Å². The van der Waals surface area contributed by atoms with Gasteiger partial charge in [-0.2, -0.15) is 0 Å². The second kappa shape index (κ2) is 8.62. The fourth-order valence-corrected chi connectivity index (χ4v) is 0.493. The molecule has 0 aliphatic rings. The molecule has 5 heteroatoms. The van der Waals surface area contributed by atoms with Gasteiger partial charge in [-0.05, 0) is 18.2 Å². The molecule has 70 valence electrons. The molecule has 0 aromatic heterocycles. The minimum absolute atomic E-state index is 0. The zero-order valence-electron chi connectivity index (χ0n) is 7.80. The first kappa shape index (κ1) is 15.5. The summed E-state index contributed by atoms with van der Waals surface area (Å²) in [5.41, 5.74) is 0. The summed E-state index contributed by atoms with van der Waals surface area (Å²) in [5.74, 6) is -1.06. The Morgan fingerprint density at radius 3 is 1.86 bits per heavy atom. The number of carbonyl (C=O) groups excluding carboxylic acids is 1. The Morgan fingerprint density at radius 2 is 1.71 bits per heavy atom. The molecule has 0 bridgehead atoms. The second-order valence-corrected chi connectivity index (χ2v) is 2.04. The predicted molar refractivity (Wildman–Crippen MR) is 45.0 cm³/mol. The van der Waals surface area contributed by atoms with Gasteiger partial charge in [0.15, 0.2) is 0 Å². The average Bonchev–Trinajstić information content (AvgIpc) is 2.05. The van der Waals surface area contributed by atoms with Gasteiger partial charge in [0.2, 0.25) is 0 Å². The van der Waals surface area contributed by atoms with E-state index in [1.807, 2.05) is 0 Å². The predicted octanol–water partition coefficient (Wildman–Crippen LogP) is -2.98. The molecule has 0 aliphatic carbocycles. The smallest absolute Gasteiger partial charge is 0.545 e. The zero-order chi connectivity index (χ0) is 10.3. The molecule has 14 heavy (non-hydrogen) atoms. The van der Waals surface area contributed by atoms with Crippen LogP contribution in [-0.2, 0) is 4.79 Å².